The van der Waals surface area contributed by atoms with Gasteiger partial charge in [-0.2, -0.15) is 4.39 Å². The number of halogens is 3. The van der Waals surface area contributed by atoms with E-state index in [1.165, 1.54) is 6.07 Å². The van der Waals surface area contributed by atoms with Crippen molar-refractivity contribution in [3.8, 4) is 5.75 Å². The second kappa shape index (κ2) is 4.67. The third-order valence-electron chi connectivity index (χ3n) is 3.90. The average molecular weight is 276 g/mol. The molecular formula is C13H16ClF2NO. The third kappa shape index (κ3) is 2.08. The second-order valence-corrected chi connectivity index (χ2v) is 5.15. The van der Waals surface area contributed by atoms with E-state index < -0.39 is 11.6 Å². The molecular weight excluding hydrogens is 260 g/mol. The Kier molecular flexibility index (Phi) is 3.52. The van der Waals surface area contributed by atoms with Gasteiger partial charge in [0.25, 0.3) is 0 Å². The number of hydrogen-bond donors (Lipinski definition) is 1. The highest BCUT2D eigenvalue weighted by molar-refractivity contribution is 5.85. The molecule has 2 aliphatic rings. The van der Waals surface area contributed by atoms with E-state index in [0.29, 0.717) is 6.42 Å². The Morgan fingerprint density at radius 2 is 1.89 bits per heavy atom. The van der Waals surface area contributed by atoms with Crippen LogP contribution >= 0.6 is 12.4 Å². The van der Waals surface area contributed by atoms with E-state index in [1.807, 2.05) is 0 Å². The van der Waals surface area contributed by atoms with Crippen molar-refractivity contribution in [3.63, 3.8) is 0 Å². The van der Waals surface area contributed by atoms with Crippen molar-refractivity contribution < 1.29 is 13.5 Å². The Balaban J connectivity index is 0.00000120. The molecule has 2 N–H and O–H groups in total. The summed E-state index contributed by atoms with van der Waals surface area (Å²) >= 11 is 0. The van der Waals surface area contributed by atoms with Crippen LogP contribution in [0.15, 0.2) is 12.1 Å². The van der Waals surface area contributed by atoms with Crippen molar-refractivity contribution in [1.29, 1.82) is 0 Å². The molecule has 1 fully saturated rings. The van der Waals surface area contributed by atoms with Gasteiger partial charge in [-0.1, -0.05) is 6.07 Å². The van der Waals surface area contributed by atoms with E-state index >= 15 is 0 Å². The standard InChI is InChI=1S/C13H15F2NO.ClH/c14-10-2-1-8-7-13(17-12(8)11(10)15)5-3-9(16)4-6-13;/h1-2,9H,3-7,16H2;1H. The van der Waals surface area contributed by atoms with E-state index in [9.17, 15) is 8.78 Å². The molecule has 0 unspecified atom stereocenters. The fraction of sp³-hybridized carbons (Fsp3) is 0.538. The summed E-state index contributed by atoms with van der Waals surface area (Å²) in [6.07, 6.45) is 4.09. The predicted molar refractivity (Wildman–Crippen MR) is 67.1 cm³/mol. The molecule has 3 rings (SSSR count). The van der Waals surface area contributed by atoms with Gasteiger partial charge >= 0.3 is 0 Å². The molecule has 0 atom stereocenters. The lowest BCUT2D eigenvalue weighted by atomic mass is 9.80. The van der Waals surface area contributed by atoms with Crippen LogP contribution in [0.2, 0.25) is 0 Å². The molecule has 1 aromatic rings. The van der Waals surface area contributed by atoms with Crippen molar-refractivity contribution in [3.05, 3.63) is 29.3 Å². The minimum absolute atomic E-state index is 0. The van der Waals surface area contributed by atoms with Gasteiger partial charge in [0.15, 0.2) is 11.6 Å². The van der Waals surface area contributed by atoms with E-state index in [0.717, 1.165) is 31.2 Å². The molecule has 0 bridgehead atoms. The van der Waals surface area contributed by atoms with Gasteiger partial charge in [-0.3, -0.25) is 0 Å². The van der Waals surface area contributed by atoms with E-state index in [-0.39, 0.29) is 29.8 Å². The molecule has 1 saturated carbocycles. The molecule has 5 heteroatoms. The number of nitrogens with two attached hydrogens (primary N) is 1. The van der Waals surface area contributed by atoms with Gasteiger partial charge in [0.05, 0.1) is 0 Å². The molecule has 0 amide bonds. The number of hydrogen-bond acceptors (Lipinski definition) is 2. The maximum absolute atomic E-state index is 13.6. The van der Waals surface area contributed by atoms with Crippen molar-refractivity contribution >= 4 is 12.4 Å². The molecule has 1 aromatic carbocycles. The zero-order chi connectivity index (χ0) is 12.0. The summed E-state index contributed by atoms with van der Waals surface area (Å²) in [4.78, 5) is 0. The number of benzene rings is 1. The van der Waals surface area contributed by atoms with Gasteiger partial charge in [-0.05, 0) is 31.7 Å². The maximum atomic E-state index is 13.6. The van der Waals surface area contributed by atoms with Crippen LogP contribution in [-0.4, -0.2) is 11.6 Å². The predicted octanol–water partition coefficient (Wildman–Crippen LogP) is 2.96. The molecule has 0 radical (unpaired) electrons. The molecule has 18 heavy (non-hydrogen) atoms. The third-order valence-corrected chi connectivity index (χ3v) is 3.90. The van der Waals surface area contributed by atoms with Crippen LogP contribution in [0.5, 0.6) is 5.75 Å². The first-order chi connectivity index (χ1) is 8.10. The molecule has 1 spiro atoms. The Hall–Kier alpha value is -0.870. The van der Waals surface area contributed by atoms with Gasteiger partial charge in [0.1, 0.15) is 5.60 Å². The number of rotatable bonds is 0. The maximum Gasteiger partial charge on any atom is 0.200 e. The topological polar surface area (TPSA) is 35.2 Å². The fourth-order valence-corrected chi connectivity index (χ4v) is 2.87. The first-order valence-corrected chi connectivity index (χ1v) is 6.01. The average Bonchev–Trinajstić information content (AvgIpc) is 2.68. The zero-order valence-electron chi connectivity index (χ0n) is 9.92. The van der Waals surface area contributed by atoms with Gasteiger partial charge < -0.3 is 10.5 Å². The van der Waals surface area contributed by atoms with Crippen LogP contribution in [-0.2, 0) is 6.42 Å². The molecule has 1 heterocycles. The first-order valence-electron chi connectivity index (χ1n) is 6.01. The van der Waals surface area contributed by atoms with Gasteiger partial charge in [-0.15, -0.1) is 12.4 Å². The molecule has 2 nitrogen and oxygen atoms in total. The van der Waals surface area contributed by atoms with Crippen LogP contribution < -0.4 is 10.5 Å². The van der Waals surface area contributed by atoms with Crippen LogP contribution in [0, 0.1) is 11.6 Å². The summed E-state index contributed by atoms with van der Waals surface area (Å²) in [7, 11) is 0. The molecule has 1 aliphatic heterocycles. The molecule has 0 saturated heterocycles. The second-order valence-electron chi connectivity index (χ2n) is 5.15. The fourth-order valence-electron chi connectivity index (χ4n) is 2.87. The first kappa shape index (κ1) is 13.6. The summed E-state index contributed by atoms with van der Waals surface area (Å²) in [5.74, 6) is -1.58. The Morgan fingerprint density at radius 3 is 2.56 bits per heavy atom. The normalized spacial score (nSPS) is 29.6. The SMILES string of the molecule is Cl.NC1CCC2(CC1)Cc1ccc(F)c(F)c1O2. The van der Waals surface area contributed by atoms with E-state index in [2.05, 4.69) is 0 Å². The van der Waals surface area contributed by atoms with Crippen molar-refractivity contribution in [2.45, 2.75) is 43.7 Å². The highest BCUT2D eigenvalue weighted by atomic mass is 35.5. The number of ether oxygens (including phenoxy) is 1. The Bertz CT molecular complexity index is 459. The quantitative estimate of drug-likeness (QED) is 0.790. The van der Waals surface area contributed by atoms with Gasteiger partial charge in [0, 0.05) is 18.0 Å². The van der Waals surface area contributed by atoms with Crippen LogP contribution in [0.25, 0.3) is 0 Å². The lowest BCUT2D eigenvalue weighted by Gasteiger charge is -2.35. The highest BCUT2D eigenvalue weighted by Crippen LogP contribution is 2.44. The number of fused-ring (bicyclic) bond motifs is 1. The summed E-state index contributed by atoms with van der Waals surface area (Å²) in [6.45, 7) is 0. The minimum Gasteiger partial charge on any atom is -0.483 e. The zero-order valence-corrected chi connectivity index (χ0v) is 10.7. The van der Waals surface area contributed by atoms with Crippen molar-refractivity contribution in [2.24, 2.45) is 5.73 Å². The summed E-state index contributed by atoms with van der Waals surface area (Å²) < 4.78 is 32.4. The molecule has 1 aliphatic carbocycles. The summed E-state index contributed by atoms with van der Waals surface area (Å²) in [5.41, 5.74) is 6.29. The van der Waals surface area contributed by atoms with Gasteiger partial charge in [0.2, 0.25) is 5.82 Å². The lowest BCUT2D eigenvalue weighted by molar-refractivity contribution is 0.0440. The molecule has 100 valence electrons. The van der Waals surface area contributed by atoms with Crippen LogP contribution in [0.4, 0.5) is 8.78 Å². The van der Waals surface area contributed by atoms with Crippen LogP contribution in [0.1, 0.15) is 31.2 Å². The summed E-state index contributed by atoms with van der Waals surface area (Å²) in [5, 5.41) is 0. The van der Waals surface area contributed by atoms with E-state index in [4.69, 9.17) is 10.5 Å². The smallest absolute Gasteiger partial charge is 0.200 e. The van der Waals surface area contributed by atoms with E-state index in [1.54, 1.807) is 6.07 Å². The highest BCUT2D eigenvalue weighted by Gasteiger charge is 2.43. The minimum atomic E-state index is -0.853. The Morgan fingerprint density at radius 1 is 1.22 bits per heavy atom. The van der Waals surface area contributed by atoms with Crippen molar-refractivity contribution in [2.75, 3.05) is 0 Å². The largest absolute Gasteiger partial charge is 0.483 e. The Labute approximate surface area is 111 Å². The van der Waals surface area contributed by atoms with Crippen molar-refractivity contribution in [1.82, 2.24) is 0 Å². The lowest BCUT2D eigenvalue weighted by Crippen LogP contribution is -2.42. The molecule has 0 aromatic heterocycles. The monoisotopic (exact) mass is 275 g/mol. The summed E-state index contributed by atoms with van der Waals surface area (Å²) in [6, 6.07) is 3.01. The van der Waals surface area contributed by atoms with Gasteiger partial charge in [-0.25, -0.2) is 4.39 Å². The van der Waals surface area contributed by atoms with Crippen LogP contribution in [0.3, 0.4) is 0 Å².